The van der Waals surface area contributed by atoms with Crippen molar-refractivity contribution in [3.63, 3.8) is 0 Å². The molecule has 0 bridgehead atoms. The molecule has 27 heavy (non-hydrogen) atoms. The van der Waals surface area contributed by atoms with Crippen LogP contribution >= 0.6 is 0 Å². The summed E-state index contributed by atoms with van der Waals surface area (Å²) in [5, 5.41) is 2.53. The zero-order valence-corrected chi connectivity index (χ0v) is 14.9. The van der Waals surface area contributed by atoms with E-state index >= 15 is 0 Å². The highest BCUT2D eigenvalue weighted by Gasteiger charge is 2.31. The van der Waals surface area contributed by atoms with E-state index in [1.54, 1.807) is 0 Å². The molecular formula is C20H20F2N2O3. The molecule has 1 heterocycles. The minimum absolute atomic E-state index is 0.0107. The number of carbonyl (C=O) groups is 2. The predicted molar refractivity (Wildman–Crippen MR) is 95.1 cm³/mol. The second kappa shape index (κ2) is 8.16. The molecule has 1 fully saturated rings. The third kappa shape index (κ3) is 4.24. The number of carbonyl (C=O) groups excluding carboxylic acids is 2. The van der Waals surface area contributed by atoms with E-state index in [4.69, 9.17) is 4.74 Å². The Morgan fingerprint density at radius 2 is 1.93 bits per heavy atom. The van der Waals surface area contributed by atoms with Crippen molar-refractivity contribution in [2.45, 2.75) is 18.9 Å². The fourth-order valence-corrected chi connectivity index (χ4v) is 3.16. The molecule has 7 heteroatoms. The molecule has 2 aromatic carbocycles. The number of ether oxygens (including phenoxy) is 1. The summed E-state index contributed by atoms with van der Waals surface area (Å²) in [6.45, 7) is 0.180. The molecule has 142 valence electrons. The molecule has 1 aliphatic heterocycles. The van der Waals surface area contributed by atoms with Gasteiger partial charge in [0.1, 0.15) is 0 Å². The standard InChI is InChI=1S/C20H20F2N2O3/c1-27-16-8-7-14(19(21)20(16)22)10-23-17(25)12-24-11-15(9-18(24)26)13-5-3-2-4-6-13/h2-8,15H,9-12H2,1H3,(H,23,25). The van der Waals surface area contributed by atoms with Gasteiger partial charge in [0, 0.05) is 31.0 Å². The number of amides is 2. The van der Waals surface area contributed by atoms with Crippen LogP contribution < -0.4 is 10.1 Å². The lowest BCUT2D eigenvalue weighted by Crippen LogP contribution is -2.37. The van der Waals surface area contributed by atoms with Crippen LogP contribution in [0.1, 0.15) is 23.5 Å². The quantitative estimate of drug-likeness (QED) is 0.846. The number of likely N-dealkylation sites (tertiary alicyclic amines) is 1. The smallest absolute Gasteiger partial charge is 0.239 e. The Morgan fingerprint density at radius 1 is 1.19 bits per heavy atom. The summed E-state index contributed by atoms with van der Waals surface area (Å²) in [6, 6.07) is 12.3. The Kier molecular flexibility index (Phi) is 5.69. The van der Waals surface area contributed by atoms with Gasteiger partial charge in [-0.1, -0.05) is 36.4 Å². The van der Waals surface area contributed by atoms with Gasteiger partial charge in [0.2, 0.25) is 17.6 Å². The number of nitrogens with one attached hydrogen (secondary N) is 1. The first kappa shape index (κ1) is 18.8. The van der Waals surface area contributed by atoms with Crippen LogP contribution in [0.25, 0.3) is 0 Å². The summed E-state index contributed by atoms with van der Waals surface area (Å²) in [4.78, 5) is 25.8. The van der Waals surface area contributed by atoms with E-state index in [1.807, 2.05) is 30.3 Å². The Balaban J connectivity index is 1.55. The molecule has 1 atom stereocenters. The van der Waals surface area contributed by atoms with E-state index in [1.165, 1.54) is 24.1 Å². The zero-order valence-electron chi connectivity index (χ0n) is 14.9. The fraction of sp³-hybridized carbons (Fsp3) is 0.300. The minimum Gasteiger partial charge on any atom is -0.494 e. The Morgan fingerprint density at radius 3 is 2.63 bits per heavy atom. The molecular weight excluding hydrogens is 354 g/mol. The third-order valence-electron chi connectivity index (χ3n) is 4.64. The first-order valence-corrected chi connectivity index (χ1v) is 8.60. The summed E-state index contributed by atoms with van der Waals surface area (Å²) in [6.07, 6.45) is 0.357. The molecule has 0 saturated carbocycles. The van der Waals surface area contributed by atoms with Crippen molar-refractivity contribution in [1.82, 2.24) is 10.2 Å². The number of hydrogen-bond acceptors (Lipinski definition) is 3. The monoisotopic (exact) mass is 374 g/mol. The second-order valence-electron chi connectivity index (χ2n) is 6.42. The average Bonchev–Trinajstić information content (AvgIpc) is 3.04. The van der Waals surface area contributed by atoms with E-state index in [0.29, 0.717) is 13.0 Å². The number of nitrogens with zero attached hydrogens (tertiary/aromatic N) is 1. The molecule has 2 amide bonds. The largest absolute Gasteiger partial charge is 0.494 e. The fourth-order valence-electron chi connectivity index (χ4n) is 3.16. The van der Waals surface area contributed by atoms with Gasteiger partial charge in [-0.15, -0.1) is 0 Å². The predicted octanol–water partition coefficient (Wildman–Crippen LogP) is 2.61. The molecule has 5 nitrogen and oxygen atoms in total. The molecule has 3 rings (SSSR count). The second-order valence-corrected chi connectivity index (χ2v) is 6.42. The number of halogens is 2. The SMILES string of the molecule is COc1ccc(CNC(=O)CN2CC(c3ccccc3)CC2=O)c(F)c1F. The van der Waals surface area contributed by atoms with Crippen molar-refractivity contribution in [3.05, 3.63) is 65.2 Å². The highest BCUT2D eigenvalue weighted by atomic mass is 19.2. The topological polar surface area (TPSA) is 58.6 Å². The van der Waals surface area contributed by atoms with Crippen LogP contribution in [0.15, 0.2) is 42.5 Å². The summed E-state index contributed by atoms with van der Waals surface area (Å²) in [5.41, 5.74) is 1.07. The van der Waals surface area contributed by atoms with Gasteiger partial charge in [-0.05, 0) is 11.6 Å². The average molecular weight is 374 g/mol. The number of methoxy groups -OCH3 is 1. The summed E-state index contributed by atoms with van der Waals surface area (Å²) in [7, 11) is 1.25. The number of benzene rings is 2. The maximum absolute atomic E-state index is 13.9. The maximum Gasteiger partial charge on any atom is 0.239 e. The van der Waals surface area contributed by atoms with E-state index < -0.39 is 17.5 Å². The van der Waals surface area contributed by atoms with Crippen molar-refractivity contribution >= 4 is 11.8 Å². The number of hydrogen-bond donors (Lipinski definition) is 1. The van der Waals surface area contributed by atoms with Gasteiger partial charge in [0.15, 0.2) is 11.6 Å². The van der Waals surface area contributed by atoms with Crippen molar-refractivity contribution in [2.24, 2.45) is 0 Å². The summed E-state index contributed by atoms with van der Waals surface area (Å²) >= 11 is 0. The van der Waals surface area contributed by atoms with Crippen molar-refractivity contribution in [3.8, 4) is 5.75 Å². The third-order valence-corrected chi connectivity index (χ3v) is 4.64. The molecule has 1 aliphatic rings. The van der Waals surface area contributed by atoms with Gasteiger partial charge in [0.25, 0.3) is 0 Å². The van der Waals surface area contributed by atoms with Crippen molar-refractivity contribution in [1.29, 1.82) is 0 Å². The minimum atomic E-state index is -1.09. The maximum atomic E-state index is 13.9. The van der Waals surface area contributed by atoms with Crippen LogP contribution in [-0.4, -0.2) is 36.9 Å². The van der Waals surface area contributed by atoms with Gasteiger partial charge < -0.3 is 15.0 Å². The van der Waals surface area contributed by atoms with E-state index in [0.717, 1.165) is 5.56 Å². The molecule has 1 unspecified atom stereocenters. The van der Waals surface area contributed by atoms with Crippen LogP contribution in [0, 0.1) is 11.6 Å². The molecule has 0 aromatic heterocycles. The van der Waals surface area contributed by atoms with Gasteiger partial charge >= 0.3 is 0 Å². The van der Waals surface area contributed by atoms with E-state index in [2.05, 4.69) is 5.32 Å². The van der Waals surface area contributed by atoms with Gasteiger partial charge in [0.05, 0.1) is 13.7 Å². The lowest BCUT2D eigenvalue weighted by Gasteiger charge is -2.17. The molecule has 0 aliphatic carbocycles. The Labute approximate surface area is 155 Å². The summed E-state index contributed by atoms with van der Waals surface area (Å²) < 4.78 is 32.3. The normalized spacial score (nSPS) is 16.5. The van der Waals surface area contributed by atoms with Crippen LogP contribution in [0.5, 0.6) is 5.75 Å². The van der Waals surface area contributed by atoms with Gasteiger partial charge in [-0.3, -0.25) is 9.59 Å². The number of rotatable bonds is 6. The molecule has 0 spiro atoms. The zero-order chi connectivity index (χ0) is 19.4. The highest BCUT2D eigenvalue weighted by Crippen LogP contribution is 2.27. The molecule has 0 radical (unpaired) electrons. The Hall–Kier alpha value is -2.96. The summed E-state index contributed by atoms with van der Waals surface area (Å²) in [5.74, 6) is -2.81. The van der Waals surface area contributed by atoms with Crippen molar-refractivity contribution in [2.75, 3.05) is 20.2 Å². The molecule has 2 aromatic rings. The van der Waals surface area contributed by atoms with Gasteiger partial charge in [-0.25, -0.2) is 4.39 Å². The Bertz CT molecular complexity index is 843. The van der Waals surface area contributed by atoms with Crippen molar-refractivity contribution < 1.29 is 23.1 Å². The first-order valence-electron chi connectivity index (χ1n) is 8.60. The van der Waals surface area contributed by atoms with Crippen LogP contribution in [0.2, 0.25) is 0 Å². The van der Waals surface area contributed by atoms with Crippen LogP contribution in [0.4, 0.5) is 8.78 Å². The van der Waals surface area contributed by atoms with Crippen LogP contribution in [-0.2, 0) is 16.1 Å². The molecule has 1 N–H and O–H groups in total. The highest BCUT2D eigenvalue weighted by molar-refractivity contribution is 5.86. The van der Waals surface area contributed by atoms with Crippen LogP contribution in [0.3, 0.4) is 0 Å². The van der Waals surface area contributed by atoms with Gasteiger partial charge in [-0.2, -0.15) is 4.39 Å². The van der Waals surface area contributed by atoms with E-state index in [-0.39, 0.29) is 36.2 Å². The first-order chi connectivity index (χ1) is 13.0. The lowest BCUT2D eigenvalue weighted by molar-refractivity contribution is -0.133. The van der Waals surface area contributed by atoms with E-state index in [9.17, 15) is 18.4 Å². The lowest BCUT2D eigenvalue weighted by atomic mass is 9.99. The molecule has 1 saturated heterocycles.